The number of carbonyl (C=O) groups is 2. The monoisotopic (exact) mass is 590 g/mol. The van der Waals surface area contributed by atoms with Crippen LogP contribution in [0.25, 0.3) is 27.3 Å². The predicted molar refractivity (Wildman–Crippen MR) is 159 cm³/mol. The summed E-state index contributed by atoms with van der Waals surface area (Å²) in [4.78, 5) is 59.0. The molecule has 1 unspecified atom stereocenters. The lowest BCUT2D eigenvalue weighted by Gasteiger charge is -2.26. The van der Waals surface area contributed by atoms with Gasteiger partial charge in [0.25, 0.3) is 17.0 Å². The third-order valence-corrected chi connectivity index (χ3v) is 8.31. The molecule has 1 aliphatic heterocycles. The average Bonchev–Trinajstić information content (AvgIpc) is 3.35. The number of nitrogens with one attached hydrogen (secondary N) is 2. The van der Waals surface area contributed by atoms with Gasteiger partial charge in [0, 0.05) is 16.0 Å². The number of halogens is 1. The van der Waals surface area contributed by atoms with Crippen LogP contribution in [0.15, 0.2) is 82.4 Å². The number of amides is 1. The molecule has 200 valence electrons. The van der Waals surface area contributed by atoms with Gasteiger partial charge in [-0.1, -0.05) is 60.1 Å². The zero-order valence-electron chi connectivity index (χ0n) is 20.5. The second-order valence-electron chi connectivity index (χ2n) is 8.86. The van der Waals surface area contributed by atoms with Crippen LogP contribution in [-0.4, -0.2) is 48.3 Å². The molecule has 1 saturated heterocycles. The maximum absolute atomic E-state index is 13.5. The lowest BCUT2D eigenvalue weighted by Crippen LogP contribution is -2.51. The fraction of sp³-hybridized carbons (Fsp3) is 0.111. The van der Waals surface area contributed by atoms with E-state index in [9.17, 15) is 19.2 Å². The lowest BCUT2D eigenvalue weighted by atomic mass is 10.2. The molecule has 2 aromatic heterocycles. The highest BCUT2D eigenvalue weighted by atomic mass is 35.5. The highest BCUT2D eigenvalue weighted by Gasteiger charge is 2.36. The molecule has 0 aliphatic carbocycles. The van der Waals surface area contributed by atoms with Crippen LogP contribution in [0, 0.1) is 0 Å². The molecule has 0 radical (unpaired) electrons. The molecule has 0 saturated carbocycles. The van der Waals surface area contributed by atoms with Crippen molar-refractivity contribution in [3.05, 3.63) is 104 Å². The van der Waals surface area contributed by atoms with Gasteiger partial charge in [-0.15, -0.1) is 11.8 Å². The standard InChI is InChI=1S/C27H19ClN6O4S2/c28-19-11-5-3-9-17(19)26-32(22(36)14-40-26)27(39)31-29-13-21(35)33-24(37)16-8-2-1-7-15(16)23-30-20-12-6-4-10-18(20)25(38)34(23)33/h1-12,26,29H,13-14H2,(H,31,39). The number of thioether (sulfide) groups is 1. The molecule has 5 aromatic rings. The number of rotatable bonds is 4. The third-order valence-electron chi connectivity index (χ3n) is 6.47. The SMILES string of the molecule is O=C1CSC(c2ccccc2Cl)N1C(=S)NNCC(=O)n1c(=O)c2ccccc2c2nc3ccccc3c(=O)n21. The van der Waals surface area contributed by atoms with Crippen molar-refractivity contribution in [2.75, 3.05) is 12.3 Å². The van der Waals surface area contributed by atoms with Crippen molar-refractivity contribution in [3.63, 3.8) is 0 Å². The van der Waals surface area contributed by atoms with Gasteiger partial charge in [0.05, 0.1) is 28.6 Å². The first-order valence-electron chi connectivity index (χ1n) is 12.1. The number of hydrogen-bond donors (Lipinski definition) is 2. The number of nitrogens with zero attached hydrogens (tertiary/aromatic N) is 4. The fourth-order valence-electron chi connectivity index (χ4n) is 4.66. The van der Waals surface area contributed by atoms with Gasteiger partial charge in [-0.3, -0.25) is 29.5 Å². The molecule has 1 aliphatic rings. The van der Waals surface area contributed by atoms with Gasteiger partial charge < -0.3 is 0 Å². The summed E-state index contributed by atoms with van der Waals surface area (Å²) < 4.78 is 1.78. The van der Waals surface area contributed by atoms with Gasteiger partial charge in [0.1, 0.15) is 5.37 Å². The number of fused-ring (bicyclic) bond motifs is 4. The third kappa shape index (κ3) is 4.34. The summed E-state index contributed by atoms with van der Waals surface area (Å²) in [6, 6.07) is 20.6. The first-order valence-corrected chi connectivity index (χ1v) is 13.9. The number of hydrazine groups is 1. The van der Waals surface area contributed by atoms with Crippen molar-refractivity contribution >= 4 is 79.8 Å². The molecule has 1 amide bonds. The topological polar surface area (TPSA) is 118 Å². The van der Waals surface area contributed by atoms with Crippen molar-refractivity contribution in [1.82, 2.24) is 29.9 Å². The molecule has 0 bridgehead atoms. The minimum atomic E-state index is -0.736. The van der Waals surface area contributed by atoms with E-state index in [1.54, 1.807) is 60.7 Å². The van der Waals surface area contributed by atoms with Gasteiger partial charge in [0.2, 0.25) is 5.91 Å². The molecule has 2 N–H and O–H groups in total. The highest BCUT2D eigenvalue weighted by Crippen LogP contribution is 2.41. The van der Waals surface area contributed by atoms with Crippen molar-refractivity contribution < 1.29 is 9.59 Å². The van der Waals surface area contributed by atoms with E-state index >= 15 is 0 Å². The second kappa shape index (κ2) is 10.5. The van der Waals surface area contributed by atoms with E-state index < -0.39 is 28.9 Å². The summed E-state index contributed by atoms with van der Waals surface area (Å²) in [7, 11) is 0. The van der Waals surface area contributed by atoms with E-state index in [-0.39, 0.29) is 33.2 Å². The Hall–Kier alpha value is -4.10. The van der Waals surface area contributed by atoms with Crippen LogP contribution in [0.2, 0.25) is 5.02 Å². The Morgan fingerprint density at radius 2 is 1.62 bits per heavy atom. The smallest absolute Gasteiger partial charge is 0.281 e. The minimum absolute atomic E-state index is 0.0354. The summed E-state index contributed by atoms with van der Waals surface area (Å²) in [5.41, 5.74) is 5.54. The predicted octanol–water partition coefficient (Wildman–Crippen LogP) is 3.11. The van der Waals surface area contributed by atoms with Gasteiger partial charge in [-0.05, 0) is 36.5 Å². The van der Waals surface area contributed by atoms with E-state index in [4.69, 9.17) is 23.8 Å². The number of hydrogen-bond acceptors (Lipinski definition) is 8. The van der Waals surface area contributed by atoms with Gasteiger partial charge in [-0.2, -0.15) is 9.20 Å². The van der Waals surface area contributed by atoms with Crippen LogP contribution in [0.1, 0.15) is 15.7 Å². The Labute approximate surface area is 240 Å². The molecule has 13 heteroatoms. The van der Waals surface area contributed by atoms with Crippen molar-refractivity contribution in [1.29, 1.82) is 0 Å². The van der Waals surface area contributed by atoms with E-state index in [0.717, 1.165) is 14.8 Å². The van der Waals surface area contributed by atoms with Crippen molar-refractivity contribution in [2.24, 2.45) is 0 Å². The summed E-state index contributed by atoms with van der Waals surface area (Å²) in [6.45, 7) is -0.432. The molecule has 1 atom stereocenters. The number of carbonyl (C=O) groups excluding carboxylic acids is 2. The molecule has 6 rings (SSSR count). The summed E-state index contributed by atoms with van der Waals surface area (Å²) in [6.07, 6.45) is 0. The number of benzene rings is 3. The van der Waals surface area contributed by atoms with Crippen LogP contribution in [0.5, 0.6) is 0 Å². The molecule has 3 heterocycles. The van der Waals surface area contributed by atoms with Crippen molar-refractivity contribution in [2.45, 2.75) is 5.37 Å². The van der Waals surface area contributed by atoms with E-state index in [1.165, 1.54) is 16.7 Å². The summed E-state index contributed by atoms with van der Waals surface area (Å²) in [5.74, 6) is -0.749. The maximum atomic E-state index is 13.5. The quantitative estimate of drug-likeness (QED) is 0.141. The molecule has 1 fully saturated rings. The normalized spacial score (nSPS) is 15.3. The fourth-order valence-corrected chi connectivity index (χ4v) is 6.50. The molecule has 0 spiro atoms. The van der Waals surface area contributed by atoms with Gasteiger partial charge in [0.15, 0.2) is 10.8 Å². The largest absolute Gasteiger partial charge is 0.297 e. The number of thiocarbonyl (C=S) groups is 1. The number of aromatic nitrogens is 3. The van der Waals surface area contributed by atoms with Gasteiger partial charge >= 0.3 is 0 Å². The van der Waals surface area contributed by atoms with Crippen LogP contribution in [-0.2, 0) is 4.79 Å². The first kappa shape index (κ1) is 26.1. The number of para-hydroxylation sites is 1. The Bertz CT molecular complexity index is 1990. The van der Waals surface area contributed by atoms with Crippen LogP contribution >= 0.6 is 35.6 Å². The average molecular weight is 591 g/mol. The zero-order chi connectivity index (χ0) is 28.0. The molecular weight excluding hydrogens is 572 g/mol. The van der Waals surface area contributed by atoms with Crippen LogP contribution in [0.3, 0.4) is 0 Å². The highest BCUT2D eigenvalue weighted by molar-refractivity contribution is 8.00. The van der Waals surface area contributed by atoms with Gasteiger partial charge in [-0.25, -0.2) is 10.4 Å². The van der Waals surface area contributed by atoms with E-state index in [1.807, 2.05) is 12.1 Å². The van der Waals surface area contributed by atoms with Crippen LogP contribution in [0.4, 0.5) is 0 Å². The van der Waals surface area contributed by atoms with E-state index in [0.29, 0.717) is 15.9 Å². The Morgan fingerprint density at radius 1 is 0.950 bits per heavy atom. The first-order chi connectivity index (χ1) is 19.4. The Morgan fingerprint density at radius 3 is 2.40 bits per heavy atom. The Balaban J connectivity index is 1.32. The zero-order valence-corrected chi connectivity index (χ0v) is 22.9. The van der Waals surface area contributed by atoms with E-state index in [2.05, 4.69) is 15.8 Å². The second-order valence-corrected chi connectivity index (χ2v) is 10.7. The molecule has 3 aromatic carbocycles. The van der Waals surface area contributed by atoms with Crippen LogP contribution < -0.4 is 22.0 Å². The molecular formula is C27H19ClN6O4S2. The summed E-state index contributed by atoms with van der Waals surface area (Å²) in [5, 5.41) is 1.04. The summed E-state index contributed by atoms with van der Waals surface area (Å²) >= 11 is 13.2. The lowest BCUT2D eigenvalue weighted by molar-refractivity contribution is -0.124. The maximum Gasteiger partial charge on any atom is 0.281 e. The Kier molecular flexibility index (Phi) is 6.84. The minimum Gasteiger partial charge on any atom is -0.297 e. The molecule has 40 heavy (non-hydrogen) atoms. The van der Waals surface area contributed by atoms with Crippen molar-refractivity contribution in [3.8, 4) is 0 Å². The molecule has 10 nitrogen and oxygen atoms in total.